The molecule has 1 aromatic carbocycles. The second kappa shape index (κ2) is 7.51. The molecule has 1 amide bonds. The largest absolute Gasteiger partial charge is 0.444 e. The number of carbonyl (C=O) groups excluding carboxylic acids is 1. The zero-order valence-electron chi connectivity index (χ0n) is 15.2. The van der Waals surface area contributed by atoms with Gasteiger partial charge in [0.1, 0.15) is 11.3 Å². The SMILES string of the molecule is Cc1ccc([N+](=O)[O-])c(NCCC(C)(C)NC(=O)OC(C)(C)C)c1. The van der Waals surface area contributed by atoms with Crippen LogP contribution in [0.4, 0.5) is 16.2 Å². The monoisotopic (exact) mass is 337 g/mol. The van der Waals surface area contributed by atoms with E-state index < -0.39 is 22.2 Å². The summed E-state index contributed by atoms with van der Waals surface area (Å²) in [6.07, 6.45) is 0.103. The Morgan fingerprint density at radius 3 is 2.42 bits per heavy atom. The van der Waals surface area contributed by atoms with Gasteiger partial charge in [0.05, 0.1) is 4.92 Å². The Morgan fingerprint density at radius 2 is 1.88 bits per heavy atom. The van der Waals surface area contributed by atoms with E-state index in [0.29, 0.717) is 18.7 Å². The fraction of sp³-hybridized carbons (Fsp3) is 0.588. The van der Waals surface area contributed by atoms with E-state index in [1.165, 1.54) is 6.07 Å². The predicted molar refractivity (Wildman–Crippen MR) is 94.4 cm³/mol. The minimum absolute atomic E-state index is 0.0403. The Bertz CT molecular complexity index is 606. The number of carbonyl (C=O) groups is 1. The van der Waals surface area contributed by atoms with Gasteiger partial charge in [0, 0.05) is 18.2 Å². The fourth-order valence-electron chi connectivity index (χ4n) is 2.10. The average molecular weight is 337 g/mol. The molecule has 7 nitrogen and oxygen atoms in total. The van der Waals surface area contributed by atoms with E-state index in [-0.39, 0.29) is 5.69 Å². The second-order valence-electron chi connectivity index (χ2n) is 7.47. The van der Waals surface area contributed by atoms with Crippen molar-refractivity contribution in [3.63, 3.8) is 0 Å². The maximum Gasteiger partial charge on any atom is 0.408 e. The van der Waals surface area contributed by atoms with Crippen molar-refractivity contribution in [1.82, 2.24) is 5.32 Å². The number of alkyl carbamates (subject to hydrolysis) is 1. The van der Waals surface area contributed by atoms with Gasteiger partial charge in [-0.2, -0.15) is 0 Å². The van der Waals surface area contributed by atoms with E-state index >= 15 is 0 Å². The van der Waals surface area contributed by atoms with Gasteiger partial charge in [0.15, 0.2) is 0 Å². The minimum atomic E-state index is -0.555. The van der Waals surface area contributed by atoms with Crippen LogP contribution in [0.2, 0.25) is 0 Å². The van der Waals surface area contributed by atoms with E-state index in [4.69, 9.17) is 4.74 Å². The number of amides is 1. The molecule has 2 N–H and O–H groups in total. The molecular weight excluding hydrogens is 310 g/mol. The van der Waals surface area contributed by atoms with Crippen molar-refractivity contribution in [2.24, 2.45) is 0 Å². The van der Waals surface area contributed by atoms with Gasteiger partial charge in [0.2, 0.25) is 0 Å². The molecule has 0 aromatic heterocycles. The highest BCUT2D eigenvalue weighted by molar-refractivity contribution is 5.68. The van der Waals surface area contributed by atoms with E-state index in [0.717, 1.165) is 5.56 Å². The molecule has 24 heavy (non-hydrogen) atoms. The number of nitrogens with one attached hydrogen (secondary N) is 2. The summed E-state index contributed by atoms with van der Waals surface area (Å²) in [7, 11) is 0. The van der Waals surface area contributed by atoms with E-state index in [1.807, 2.05) is 20.8 Å². The standard InChI is InChI=1S/C17H27N3O4/c1-12-7-8-14(20(22)23)13(11-12)18-10-9-17(5,6)19-15(21)24-16(2,3)4/h7-8,11,18H,9-10H2,1-6H3,(H,19,21). The molecule has 0 aliphatic rings. The third-order valence-corrected chi connectivity index (χ3v) is 3.25. The summed E-state index contributed by atoms with van der Waals surface area (Å²) in [5.74, 6) is 0. The summed E-state index contributed by atoms with van der Waals surface area (Å²) in [5, 5.41) is 17.0. The lowest BCUT2D eigenvalue weighted by molar-refractivity contribution is -0.384. The maximum absolute atomic E-state index is 11.9. The summed E-state index contributed by atoms with van der Waals surface area (Å²) < 4.78 is 5.24. The van der Waals surface area contributed by atoms with Crippen LogP contribution in [0.25, 0.3) is 0 Å². The smallest absolute Gasteiger partial charge is 0.408 e. The van der Waals surface area contributed by atoms with Gasteiger partial charge in [-0.25, -0.2) is 4.79 Å². The Kier molecular flexibility index (Phi) is 6.17. The normalized spacial score (nSPS) is 11.8. The lowest BCUT2D eigenvalue weighted by Crippen LogP contribution is -2.46. The van der Waals surface area contributed by atoms with Crippen molar-refractivity contribution < 1.29 is 14.5 Å². The maximum atomic E-state index is 11.9. The molecule has 0 spiro atoms. The summed E-state index contributed by atoms with van der Waals surface area (Å²) in [4.78, 5) is 22.5. The van der Waals surface area contributed by atoms with Crippen LogP contribution >= 0.6 is 0 Å². The van der Waals surface area contributed by atoms with Crippen LogP contribution in [0.1, 0.15) is 46.6 Å². The van der Waals surface area contributed by atoms with Crippen molar-refractivity contribution >= 4 is 17.5 Å². The summed E-state index contributed by atoms with van der Waals surface area (Å²) in [6.45, 7) is 11.5. The van der Waals surface area contributed by atoms with Crippen molar-refractivity contribution in [3.8, 4) is 0 Å². The number of ether oxygens (including phenoxy) is 1. The Labute approximate surface area is 142 Å². The first kappa shape index (κ1) is 19.7. The first-order valence-electron chi connectivity index (χ1n) is 7.90. The summed E-state index contributed by atoms with van der Waals surface area (Å²) in [5.41, 5.74) is 0.398. The lowest BCUT2D eigenvalue weighted by atomic mass is 10.0. The van der Waals surface area contributed by atoms with Crippen LogP contribution < -0.4 is 10.6 Å². The molecule has 0 aliphatic carbocycles. The molecule has 0 unspecified atom stereocenters. The zero-order valence-corrected chi connectivity index (χ0v) is 15.2. The number of rotatable bonds is 6. The first-order valence-corrected chi connectivity index (χ1v) is 7.90. The molecule has 7 heteroatoms. The van der Waals surface area contributed by atoms with E-state index in [2.05, 4.69) is 10.6 Å². The minimum Gasteiger partial charge on any atom is -0.444 e. The molecule has 0 radical (unpaired) electrons. The Morgan fingerprint density at radius 1 is 1.25 bits per heavy atom. The van der Waals surface area contributed by atoms with Crippen LogP contribution in [-0.2, 0) is 4.74 Å². The highest BCUT2D eigenvalue weighted by Crippen LogP contribution is 2.25. The van der Waals surface area contributed by atoms with Crippen LogP contribution in [0.3, 0.4) is 0 Å². The van der Waals surface area contributed by atoms with Crippen LogP contribution in [0.15, 0.2) is 18.2 Å². The number of nitro groups is 1. The first-order chi connectivity index (χ1) is 10.9. The fourth-order valence-corrected chi connectivity index (χ4v) is 2.10. The van der Waals surface area contributed by atoms with Crippen LogP contribution in [-0.4, -0.2) is 28.7 Å². The van der Waals surface area contributed by atoms with Crippen molar-refractivity contribution in [2.45, 2.75) is 59.1 Å². The van der Waals surface area contributed by atoms with Crippen molar-refractivity contribution in [3.05, 3.63) is 33.9 Å². The number of anilines is 1. The molecule has 0 heterocycles. The average Bonchev–Trinajstić information content (AvgIpc) is 2.34. The topological polar surface area (TPSA) is 93.5 Å². The molecule has 0 saturated carbocycles. The zero-order chi connectivity index (χ0) is 18.5. The third-order valence-electron chi connectivity index (χ3n) is 3.25. The van der Waals surface area contributed by atoms with E-state index in [1.54, 1.807) is 32.9 Å². The van der Waals surface area contributed by atoms with Gasteiger partial charge in [-0.15, -0.1) is 0 Å². The molecule has 0 atom stereocenters. The lowest BCUT2D eigenvalue weighted by Gasteiger charge is -2.28. The van der Waals surface area contributed by atoms with Gasteiger partial charge in [-0.1, -0.05) is 6.07 Å². The summed E-state index contributed by atoms with van der Waals surface area (Å²) >= 11 is 0. The highest BCUT2D eigenvalue weighted by Gasteiger charge is 2.24. The molecule has 1 aromatic rings. The van der Waals surface area contributed by atoms with Gasteiger partial charge in [0.25, 0.3) is 5.69 Å². The number of hydrogen-bond donors (Lipinski definition) is 2. The quantitative estimate of drug-likeness (QED) is 0.604. The van der Waals surface area contributed by atoms with Gasteiger partial charge < -0.3 is 15.4 Å². The molecule has 0 aliphatic heterocycles. The number of aryl methyl sites for hydroxylation is 1. The molecular formula is C17H27N3O4. The Balaban J connectivity index is 2.62. The summed E-state index contributed by atoms with van der Waals surface area (Å²) in [6, 6.07) is 4.94. The van der Waals surface area contributed by atoms with Gasteiger partial charge in [-0.05, 0) is 59.6 Å². The number of benzene rings is 1. The number of hydrogen-bond acceptors (Lipinski definition) is 5. The predicted octanol–water partition coefficient (Wildman–Crippen LogP) is 4.01. The van der Waals surface area contributed by atoms with Gasteiger partial charge >= 0.3 is 6.09 Å². The number of nitrogens with zero attached hydrogens (tertiary/aromatic N) is 1. The van der Waals surface area contributed by atoms with Crippen molar-refractivity contribution in [1.29, 1.82) is 0 Å². The molecule has 0 bridgehead atoms. The van der Waals surface area contributed by atoms with Crippen LogP contribution in [0.5, 0.6) is 0 Å². The van der Waals surface area contributed by atoms with E-state index in [9.17, 15) is 14.9 Å². The second-order valence-corrected chi connectivity index (χ2v) is 7.47. The highest BCUT2D eigenvalue weighted by atomic mass is 16.6. The van der Waals surface area contributed by atoms with Crippen LogP contribution in [0, 0.1) is 17.0 Å². The number of nitro benzene ring substituents is 1. The molecule has 0 saturated heterocycles. The molecule has 1 rings (SSSR count). The van der Waals surface area contributed by atoms with Crippen molar-refractivity contribution in [2.75, 3.05) is 11.9 Å². The Hall–Kier alpha value is -2.31. The molecule has 134 valence electrons. The molecule has 0 fully saturated rings. The third kappa shape index (κ3) is 6.85. The van der Waals surface area contributed by atoms with Gasteiger partial charge in [-0.3, -0.25) is 10.1 Å².